The summed E-state index contributed by atoms with van der Waals surface area (Å²) in [7, 11) is -15.9. The zero-order valence-corrected chi connectivity index (χ0v) is 46.0. The zero-order chi connectivity index (χ0) is 51.5. The maximum absolute atomic E-state index is 12.8. The van der Waals surface area contributed by atoms with Crippen molar-refractivity contribution in [3.63, 3.8) is 0 Å². The van der Waals surface area contributed by atoms with Gasteiger partial charge in [-0.25, -0.2) is 33.7 Å². The van der Waals surface area contributed by atoms with Gasteiger partial charge in [-0.15, -0.1) is 0 Å². The predicted octanol–water partition coefficient (Wildman–Crippen LogP) is 15.0. The van der Waals surface area contributed by atoms with Gasteiger partial charge in [0.15, 0.2) is 0 Å². The van der Waals surface area contributed by atoms with E-state index < -0.39 is 40.1 Å². The van der Waals surface area contributed by atoms with Crippen molar-refractivity contribution in [1.82, 2.24) is 0 Å². The molecule has 384 valence electrons. The molecule has 0 N–H and O–H groups in total. The Hall–Kier alpha value is -6.72. The van der Waals surface area contributed by atoms with Crippen LogP contribution in [0.3, 0.4) is 0 Å². The van der Waals surface area contributed by atoms with Crippen molar-refractivity contribution in [1.29, 1.82) is 0 Å². The van der Waals surface area contributed by atoms with E-state index in [1.165, 1.54) is 72.8 Å². The van der Waals surface area contributed by atoms with Crippen LogP contribution >= 0.6 is 0 Å². The van der Waals surface area contributed by atoms with Crippen molar-refractivity contribution >= 4 is 85.6 Å². The van der Waals surface area contributed by atoms with E-state index >= 15 is 0 Å². The van der Waals surface area contributed by atoms with E-state index in [9.17, 15) is 33.7 Å². The molecule has 0 aromatic heterocycles. The van der Waals surface area contributed by atoms with Gasteiger partial charge in [0.25, 0.3) is 0 Å². The van der Waals surface area contributed by atoms with Gasteiger partial charge in [0, 0.05) is 0 Å². The molecule has 0 saturated carbocycles. The topological polar surface area (TPSA) is 242 Å². The quantitative estimate of drug-likeness (QED) is 0.0663. The first-order valence-corrected chi connectivity index (χ1v) is 27.4. The van der Waals surface area contributed by atoms with Crippen molar-refractivity contribution < 1.29 is 74.5 Å². The van der Waals surface area contributed by atoms with Crippen molar-refractivity contribution in [2.24, 2.45) is 20.5 Å². The standard InChI is InChI=1S/2C26H22N4O4S2.2Pd/c2*1-19-11-15-21(16-12-19)35(31,32)29-25-9-5-3-7-23(25)27-28-24-8-4-6-10-26(24)30-36(33,34)22-17-13-20(2)14-18-22;;/h2*3-18H,1-2H3;;/q2*-2;2*+2. The molecule has 0 saturated heterocycles. The third-order valence-corrected chi connectivity index (χ3v) is 15.4. The van der Waals surface area contributed by atoms with Gasteiger partial charge in [-0.2, -0.15) is 20.5 Å². The van der Waals surface area contributed by atoms with Crippen molar-refractivity contribution in [2.75, 3.05) is 0 Å². The molecule has 8 rings (SSSR count). The summed E-state index contributed by atoms with van der Waals surface area (Å²) >= 11 is 0. The fourth-order valence-corrected chi connectivity index (χ4v) is 10.3. The van der Waals surface area contributed by atoms with E-state index in [1.807, 2.05) is 27.7 Å². The summed E-state index contributed by atoms with van der Waals surface area (Å²) < 4.78 is 118. The van der Waals surface area contributed by atoms with Gasteiger partial charge < -0.3 is 18.9 Å². The van der Waals surface area contributed by atoms with Crippen LogP contribution in [0.5, 0.6) is 0 Å². The first-order chi connectivity index (χ1) is 34.3. The van der Waals surface area contributed by atoms with Crippen LogP contribution in [-0.4, -0.2) is 33.7 Å². The Bertz CT molecular complexity index is 3250. The first kappa shape index (κ1) is 58.2. The normalized spacial score (nSPS) is 11.6. The second-order valence-electron chi connectivity index (χ2n) is 15.9. The van der Waals surface area contributed by atoms with E-state index in [1.54, 1.807) is 121 Å². The van der Waals surface area contributed by atoms with Crippen molar-refractivity contribution in [3.05, 3.63) is 235 Å². The molecule has 0 radical (unpaired) electrons. The first-order valence-electron chi connectivity index (χ1n) is 21.7. The molecular formula is C52H44N8O8Pd2S4. The number of sulfonamides is 4. The molecule has 74 heavy (non-hydrogen) atoms. The van der Waals surface area contributed by atoms with Gasteiger partial charge in [-0.1, -0.05) is 166 Å². The van der Waals surface area contributed by atoms with Crippen LogP contribution in [0.15, 0.2) is 234 Å². The molecule has 0 spiro atoms. The fraction of sp³-hybridized carbons (Fsp3) is 0.0769. The Morgan fingerprint density at radius 3 is 0.595 bits per heavy atom. The Balaban J connectivity index is 0.000000267. The minimum atomic E-state index is -3.98. The predicted molar refractivity (Wildman–Crippen MR) is 280 cm³/mol. The number of hydrogen-bond donors (Lipinski definition) is 0. The molecule has 0 fully saturated rings. The summed E-state index contributed by atoms with van der Waals surface area (Å²) in [5.74, 6) is 0. The molecule has 0 aliphatic rings. The minimum absolute atomic E-state index is 0. The molecule has 0 unspecified atom stereocenters. The Morgan fingerprint density at radius 1 is 0.257 bits per heavy atom. The number of aryl methyl sites for hydroxylation is 4. The van der Waals surface area contributed by atoms with Gasteiger partial charge in [0.1, 0.15) is 40.1 Å². The summed E-state index contributed by atoms with van der Waals surface area (Å²) in [6.45, 7) is 7.44. The molecule has 22 heteroatoms. The number of hydrogen-bond acceptors (Lipinski definition) is 12. The van der Waals surface area contributed by atoms with Crippen molar-refractivity contribution in [3.8, 4) is 0 Å². The van der Waals surface area contributed by atoms with Crippen molar-refractivity contribution in [2.45, 2.75) is 47.3 Å². The maximum Gasteiger partial charge on any atom is 2.00 e. The van der Waals surface area contributed by atoms with E-state index in [-0.39, 0.29) is 106 Å². The molecule has 0 atom stereocenters. The Labute approximate surface area is 459 Å². The average Bonchev–Trinajstić information content (AvgIpc) is 3.34. The van der Waals surface area contributed by atoms with Crippen LogP contribution in [0.4, 0.5) is 45.5 Å². The molecular weight excluding hydrogens is 1210 g/mol. The minimum Gasteiger partial charge on any atom is -0.571 e. The summed E-state index contributed by atoms with van der Waals surface area (Å²) in [5, 5.41) is 16.6. The largest absolute Gasteiger partial charge is 2.00 e. The molecule has 8 aromatic rings. The number of nitrogens with zero attached hydrogens (tertiary/aromatic N) is 8. The molecule has 8 aromatic carbocycles. The second-order valence-corrected chi connectivity index (χ2v) is 22.3. The van der Waals surface area contributed by atoms with E-state index in [0.29, 0.717) is 0 Å². The third kappa shape index (κ3) is 15.7. The molecule has 0 aliphatic heterocycles. The number of azo groups is 2. The second kappa shape index (κ2) is 25.5. The van der Waals surface area contributed by atoms with Gasteiger partial charge >= 0.3 is 40.8 Å². The van der Waals surface area contributed by atoms with E-state index in [4.69, 9.17) is 0 Å². The fourth-order valence-electron chi connectivity index (χ4n) is 6.29. The summed E-state index contributed by atoms with van der Waals surface area (Å²) in [6, 6.07) is 51.0. The average molecular weight is 1250 g/mol. The van der Waals surface area contributed by atoms with Crippen LogP contribution in [0.2, 0.25) is 0 Å². The monoisotopic (exact) mass is 1250 g/mol. The van der Waals surface area contributed by atoms with Gasteiger partial charge in [0.2, 0.25) is 0 Å². The zero-order valence-electron chi connectivity index (χ0n) is 39.6. The smallest absolute Gasteiger partial charge is 0.571 e. The molecule has 0 heterocycles. The number of rotatable bonds is 16. The third-order valence-electron chi connectivity index (χ3n) is 10.2. The summed E-state index contributed by atoms with van der Waals surface area (Å²) in [4.78, 5) is 0.242. The van der Waals surface area contributed by atoms with Crippen LogP contribution in [0.25, 0.3) is 18.9 Å². The van der Waals surface area contributed by atoms with Crippen LogP contribution in [-0.2, 0) is 80.9 Å². The molecule has 0 aliphatic carbocycles. The molecule has 0 bridgehead atoms. The SMILES string of the molecule is Cc1ccc(S(=O)(=O)[N-]c2ccccc2N=Nc2ccccc2[N-]S(=O)(=O)c2ccc(C)cc2)cc1.Cc1ccc(S(=O)(=O)[N-]c2ccccc2N=Nc2ccccc2[N-]S(=O)(=O)c2ccc(C)cc2)cc1.[Pd+2].[Pd+2]. The maximum atomic E-state index is 12.8. The van der Waals surface area contributed by atoms with Crippen LogP contribution < -0.4 is 0 Å². The molecule has 0 amide bonds. The summed E-state index contributed by atoms with van der Waals surface area (Å²) in [6.07, 6.45) is 0. The Kier molecular flexibility index (Phi) is 20.0. The Morgan fingerprint density at radius 2 is 0.419 bits per heavy atom. The van der Waals surface area contributed by atoms with Gasteiger partial charge in [0.05, 0.1) is 42.3 Å². The van der Waals surface area contributed by atoms with Crippen LogP contribution in [0.1, 0.15) is 22.3 Å². The van der Waals surface area contributed by atoms with E-state index in [2.05, 4.69) is 39.3 Å². The van der Waals surface area contributed by atoms with Gasteiger partial charge in [-0.05, 0) is 100 Å². The number of benzene rings is 8. The van der Waals surface area contributed by atoms with E-state index in [0.717, 1.165) is 22.3 Å². The van der Waals surface area contributed by atoms with Gasteiger partial charge in [-0.3, -0.25) is 0 Å². The summed E-state index contributed by atoms with van der Waals surface area (Å²) in [5.41, 5.74) is 4.91. The molecule has 16 nitrogen and oxygen atoms in total. The van der Waals surface area contributed by atoms with Crippen LogP contribution in [0, 0.1) is 27.7 Å².